The van der Waals surface area contributed by atoms with E-state index in [2.05, 4.69) is 31.8 Å². The summed E-state index contributed by atoms with van der Waals surface area (Å²) in [7, 11) is 0. The zero-order valence-corrected chi connectivity index (χ0v) is 13.7. The summed E-state index contributed by atoms with van der Waals surface area (Å²) in [5, 5.41) is 17.2. The molecule has 8 heteroatoms. The molecule has 0 radical (unpaired) electrons. The second kappa shape index (κ2) is 7.50. The highest BCUT2D eigenvalue weighted by Crippen LogP contribution is 2.14. The third kappa shape index (κ3) is 4.89. The van der Waals surface area contributed by atoms with Crippen molar-refractivity contribution in [1.82, 2.24) is 5.43 Å². The van der Waals surface area contributed by atoms with E-state index >= 15 is 0 Å². The van der Waals surface area contributed by atoms with Crippen molar-refractivity contribution in [2.75, 3.05) is 5.32 Å². The van der Waals surface area contributed by atoms with Crippen LogP contribution in [0.1, 0.15) is 12.5 Å². The maximum absolute atomic E-state index is 11.7. The molecule has 0 spiro atoms. The Labute approximate surface area is 140 Å². The second-order valence-corrected chi connectivity index (χ2v) is 5.49. The first kappa shape index (κ1) is 16.6. The first-order chi connectivity index (χ1) is 11.0. The number of nitrogens with one attached hydrogen (secondary N) is 2. The highest BCUT2D eigenvalue weighted by Gasteiger charge is 2.06. The Bertz CT molecular complexity index is 742. The van der Waals surface area contributed by atoms with E-state index < -0.39 is 11.0 Å². The zero-order chi connectivity index (χ0) is 16.8. The molecule has 0 bridgehead atoms. The zero-order valence-electron chi connectivity index (χ0n) is 12.1. The molecule has 2 N–H and O–H groups in total. The predicted octanol–water partition coefficient (Wildman–Crippen LogP) is 3.90. The summed E-state index contributed by atoms with van der Waals surface area (Å²) < 4.78 is 0.912. The molecule has 2 amide bonds. The van der Waals surface area contributed by atoms with Crippen molar-refractivity contribution in [3.8, 4) is 0 Å². The monoisotopic (exact) mass is 376 g/mol. The molecule has 0 saturated carbocycles. The lowest BCUT2D eigenvalue weighted by atomic mass is 10.1. The summed E-state index contributed by atoms with van der Waals surface area (Å²) in [6, 6.07) is 12.5. The third-order valence-electron chi connectivity index (χ3n) is 2.92. The first-order valence-corrected chi connectivity index (χ1v) is 7.36. The highest BCUT2D eigenvalue weighted by molar-refractivity contribution is 9.10. The van der Waals surface area contributed by atoms with E-state index in [1.807, 2.05) is 0 Å². The van der Waals surface area contributed by atoms with Crippen LogP contribution in [0.3, 0.4) is 0 Å². The van der Waals surface area contributed by atoms with E-state index in [4.69, 9.17) is 0 Å². The van der Waals surface area contributed by atoms with Crippen LogP contribution in [0, 0.1) is 10.1 Å². The Kier molecular flexibility index (Phi) is 5.42. The molecule has 0 atom stereocenters. The Morgan fingerprint density at radius 3 is 2.30 bits per heavy atom. The van der Waals surface area contributed by atoms with Gasteiger partial charge in [0.25, 0.3) is 5.69 Å². The van der Waals surface area contributed by atoms with E-state index in [1.54, 1.807) is 43.3 Å². The number of halogens is 1. The van der Waals surface area contributed by atoms with E-state index in [1.165, 1.54) is 12.1 Å². The predicted molar refractivity (Wildman–Crippen MR) is 91.6 cm³/mol. The summed E-state index contributed by atoms with van der Waals surface area (Å²) >= 11 is 3.31. The summed E-state index contributed by atoms with van der Waals surface area (Å²) in [6.07, 6.45) is 0. The van der Waals surface area contributed by atoms with Gasteiger partial charge in [0.2, 0.25) is 0 Å². The summed E-state index contributed by atoms with van der Waals surface area (Å²) in [5.41, 5.74) is 4.22. The van der Waals surface area contributed by atoms with Gasteiger partial charge in [0, 0.05) is 22.3 Å². The van der Waals surface area contributed by atoms with Gasteiger partial charge >= 0.3 is 6.03 Å². The van der Waals surface area contributed by atoms with Gasteiger partial charge < -0.3 is 5.32 Å². The van der Waals surface area contributed by atoms with Crippen LogP contribution in [0.15, 0.2) is 58.1 Å². The van der Waals surface area contributed by atoms with Gasteiger partial charge in [0.05, 0.1) is 10.6 Å². The van der Waals surface area contributed by atoms with Crippen LogP contribution in [-0.2, 0) is 0 Å². The van der Waals surface area contributed by atoms with Crippen molar-refractivity contribution < 1.29 is 9.72 Å². The molecule has 2 rings (SSSR count). The Morgan fingerprint density at radius 1 is 1.13 bits per heavy atom. The number of nitro groups is 1. The highest BCUT2D eigenvalue weighted by atomic mass is 79.9. The lowest BCUT2D eigenvalue weighted by Gasteiger charge is -2.05. The lowest BCUT2D eigenvalue weighted by Crippen LogP contribution is -2.25. The number of hydrogen-bond acceptors (Lipinski definition) is 4. The Morgan fingerprint density at radius 2 is 1.74 bits per heavy atom. The minimum absolute atomic E-state index is 0.00231. The molecule has 2 aromatic rings. The van der Waals surface area contributed by atoms with Crippen LogP contribution in [0.5, 0.6) is 0 Å². The summed E-state index contributed by atoms with van der Waals surface area (Å²) in [5.74, 6) is 0. The van der Waals surface area contributed by atoms with Gasteiger partial charge in [-0.05, 0) is 48.9 Å². The van der Waals surface area contributed by atoms with Crippen molar-refractivity contribution in [3.63, 3.8) is 0 Å². The van der Waals surface area contributed by atoms with Crippen LogP contribution >= 0.6 is 15.9 Å². The minimum atomic E-state index is -0.478. The molecular formula is C15H13BrN4O3. The molecule has 0 aliphatic carbocycles. The number of hydrazone groups is 1. The normalized spacial score (nSPS) is 11.0. The lowest BCUT2D eigenvalue weighted by molar-refractivity contribution is -0.384. The number of benzene rings is 2. The smallest absolute Gasteiger partial charge is 0.307 e. The number of nitrogens with zero attached hydrogens (tertiary/aromatic N) is 2. The van der Waals surface area contributed by atoms with Crippen LogP contribution in [0.2, 0.25) is 0 Å². The number of nitro benzene ring substituents is 1. The van der Waals surface area contributed by atoms with Gasteiger partial charge in [0.15, 0.2) is 0 Å². The number of amides is 2. The number of urea groups is 1. The number of carbonyl (C=O) groups is 1. The molecule has 23 heavy (non-hydrogen) atoms. The molecule has 0 fully saturated rings. The number of carbonyl (C=O) groups excluding carboxylic acids is 1. The fraction of sp³-hybridized carbons (Fsp3) is 0.0667. The van der Waals surface area contributed by atoms with Crippen LogP contribution in [-0.4, -0.2) is 16.7 Å². The molecule has 0 aromatic heterocycles. The molecule has 0 heterocycles. The Hall–Kier alpha value is -2.74. The van der Waals surface area contributed by atoms with E-state index in [0.717, 1.165) is 4.47 Å². The first-order valence-electron chi connectivity index (χ1n) is 6.57. The molecule has 0 saturated heterocycles. The fourth-order valence-electron chi connectivity index (χ4n) is 1.72. The molecule has 2 aromatic carbocycles. The maximum Gasteiger partial charge on any atom is 0.339 e. The van der Waals surface area contributed by atoms with Gasteiger partial charge in [-0.3, -0.25) is 10.1 Å². The molecule has 0 aliphatic heterocycles. The van der Waals surface area contributed by atoms with Crippen molar-refractivity contribution in [2.45, 2.75) is 6.92 Å². The fourth-order valence-corrected chi connectivity index (χ4v) is 1.98. The maximum atomic E-state index is 11.7. The number of hydrogen-bond donors (Lipinski definition) is 2. The number of rotatable bonds is 4. The molecule has 0 aliphatic rings. The molecule has 118 valence electrons. The molecular weight excluding hydrogens is 364 g/mol. The third-order valence-corrected chi connectivity index (χ3v) is 3.45. The van der Waals surface area contributed by atoms with Crippen molar-refractivity contribution in [1.29, 1.82) is 0 Å². The number of non-ortho nitro benzene ring substituents is 1. The van der Waals surface area contributed by atoms with Gasteiger partial charge in [-0.15, -0.1) is 0 Å². The topological polar surface area (TPSA) is 96.6 Å². The van der Waals surface area contributed by atoms with E-state index in [9.17, 15) is 14.9 Å². The SMILES string of the molecule is C/C(=N/NC(=O)Nc1ccc(Br)cc1)c1ccc([N+](=O)[O-])cc1. The van der Waals surface area contributed by atoms with Crippen molar-refractivity contribution in [2.24, 2.45) is 5.10 Å². The quantitative estimate of drug-likeness (QED) is 0.480. The van der Waals surface area contributed by atoms with E-state index in [0.29, 0.717) is 17.0 Å². The minimum Gasteiger partial charge on any atom is -0.307 e. The van der Waals surface area contributed by atoms with E-state index in [-0.39, 0.29) is 5.69 Å². The van der Waals surface area contributed by atoms with Gasteiger partial charge in [-0.25, -0.2) is 10.2 Å². The van der Waals surface area contributed by atoms with Crippen molar-refractivity contribution in [3.05, 3.63) is 68.7 Å². The molecule has 0 unspecified atom stereocenters. The summed E-state index contributed by atoms with van der Waals surface area (Å²) in [4.78, 5) is 21.9. The van der Waals surface area contributed by atoms with Gasteiger partial charge in [-0.2, -0.15) is 5.10 Å². The number of anilines is 1. The average molecular weight is 377 g/mol. The van der Waals surface area contributed by atoms with Crippen LogP contribution in [0.25, 0.3) is 0 Å². The van der Waals surface area contributed by atoms with Gasteiger partial charge in [-0.1, -0.05) is 15.9 Å². The molecule has 7 nitrogen and oxygen atoms in total. The largest absolute Gasteiger partial charge is 0.339 e. The van der Waals surface area contributed by atoms with Gasteiger partial charge in [0.1, 0.15) is 0 Å². The van der Waals surface area contributed by atoms with Crippen LogP contribution < -0.4 is 10.7 Å². The Balaban J connectivity index is 1.96. The van der Waals surface area contributed by atoms with Crippen molar-refractivity contribution >= 4 is 39.0 Å². The second-order valence-electron chi connectivity index (χ2n) is 4.57. The standard InChI is InChI=1S/C15H13BrN4O3/c1-10(11-2-8-14(9-3-11)20(22)23)18-19-15(21)17-13-6-4-12(16)5-7-13/h2-9H,1H3,(H2,17,19,21)/b18-10-. The van der Waals surface area contributed by atoms with Crippen LogP contribution in [0.4, 0.5) is 16.2 Å². The summed E-state index contributed by atoms with van der Waals surface area (Å²) in [6.45, 7) is 1.70. The average Bonchev–Trinajstić information content (AvgIpc) is 2.55.